The fourth-order valence-electron chi connectivity index (χ4n) is 3.32. The number of ether oxygens (including phenoxy) is 1. The standard InChI is InChI=1S/C19H24N2O3/c1-3-16-8-4-5-10-21(16)19(22)13-15-12-18(24-20-15)14-7-6-9-17(11-14)23-2/h6-7,9,11-12,16H,3-5,8,10,13H2,1-2H3. The fourth-order valence-corrected chi connectivity index (χ4v) is 3.32. The third-order valence-electron chi connectivity index (χ3n) is 4.66. The molecule has 1 aromatic heterocycles. The van der Waals surface area contributed by atoms with Gasteiger partial charge in [-0.3, -0.25) is 4.79 Å². The summed E-state index contributed by atoms with van der Waals surface area (Å²) in [5, 5.41) is 4.07. The average Bonchev–Trinajstić information content (AvgIpc) is 3.10. The highest BCUT2D eigenvalue weighted by Crippen LogP contribution is 2.25. The fraction of sp³-hybridized carbons (Fsp3) is 0.474. The molecule has 1 aliphatic rings. The van der Waals surface area contributed by atoms with Crippen molar-refractivity contribution in [2.45, 2.75) is 45.1 Å². The molecule has 24 heavy (non-hydrogen) atoms. The number of carbonyl (C=O) groups is 1. The molecule has 0 saturated carbocycles. The maximum Gasteiger partial charge on any atom is 0.228 e. The number of hydrogen-bond acceptors (Lipinski definition) is 4. The maximum absolute atomic E-state index is 12.6. The van der Waals surface area contributed by atoms with Gasteiger partial charge in [-0.2, -0.15) is 0 Å². The largest absolute Gasteiger partial charge is 0.497 e. The Labute approximate surface area is 142 Å². The second-order valence-electron chi connectivity index (χ2n) is 6.24. The minimum atomic E-state index is 0.145. The normalized spacial score (nSPS) is 17.8. The van der Waals surface area contributed by atoms with Crippen molar-refractivity contribution in [1.29, 1.82) is 0 Å². The van der Waals surface area contributed by atoms with Crippen LogP contribution < -0.4 is 4.74 Å². The van der Waals surface area contributed by atoms with Crippen LogP contribution >= 0.6 is 0 Å². The van der Waals surface area contributed by atoms with E-state index in [2.05, 4.69) is 12.1 Å². The Morgan fingerprint density at radius 1 is 1.38 bits per heavy atom. The predicted molar refractivity (Wildman–Crippen MR) is 91.8 cm³/mol. The number of rotatable bonds is 5. The summed E-state index contributed by atoms with van der Waals surface area (Å²) in [6, 6.07) is 9.83. The van der Waals surface area contributed by atoms with Crippen molar-refractivity contribution in [3.63, 3.8) is 0 Å². The summed E-state index contributed by atoms with van der Waals surface area (Å²) >= 11 is 0. The van der Waals surface area contributed by atoms with Crippen LogP contribution in [0.25, 0.3) is 11.3 Å². The monoisotopic (exact) mass is 328 g/mol. The molecular formula is C19H24N2O3. The first-order valence-corrected chi connectivity index (χ1v) is 8.60. The van der Waals surface area contributed by atoms with E-state index in [1.165, 1.54) is 6.42 Å². The van der Waals surface area contributed by atoms with Crippen LogP contribution in [0, 0.1) is 0 Å². The minimum Gasteiger partial charge on any atom is -0.497 e. The van der Waals surface area contributed by atoms with Crippen molar-refractivity contribution >= 4 is 5.91 Å². The zero-order chi connectivity index (χ0) is 16.9. The van der Waals surface area contributed by atoms with Crippen LogP contribution in [0.2, 0.25) is 0 Å². The van der Waals surface area contributed by atoms with E-state index < -0.39 is 0 Å². The Bertz CT molecular complexity index is 695. The summed E-state index contributed by atoms with van der Waals surface area (Å²) in [4.78, 5) is 14.6. The van der Waals surface area contributed by atoms with Gasteiger partial charge in [-0.05, 0) is 37.8 Å². The van der Waals surface area contributed by atoms with Crippen molar-refractivity contribution in [1.82, 2.24) is 10.1 Å². The Morgan fingerprint density at radius 2 is 2.25 bits per heavy atom. The second kappa shape index (κ2) is 7.51. The van der Waals surface area contributed by atoms with Gasteiger partial charge in [0.15, 0.2) is 5.76 Å². The highest BCUT2D eigenvalue weighted by molar-refractivity contribution is 5.79. The summed E-state index contributed by atoms with van der Waals surface area (Å²) in [6.45, 7) is 3.01. The van der Waals surface area contributed by atoms with E-state index in [4.69, 9.17) is 9.26 Å². The number of piperidine rings is 1. The molecule has 1 aromatic carbocycles. The Morgan fingerprint density at radius 3 is 3.04 bits per heavy atom. The molecule has 0 radical (unpaired) electrons. The molecule has 1 unspecified atom stereocenters. The third-order valence-corrected chi connectivity index (χ3v) is 4.66. The van der Waals surface area contributed by atoms with E-state index >= 15 is 0 Å². The van der Waals surface area contributed by atoms with E-state index in [9.17, 15) is 4.79 Å². The van der Waals surface area contributed by atoms with E-state index in [1.807, 2.05) is 35.2 Å². The van der Waals surface area contributed by atoms with E-state index in [1.54, 1.807) is 7.11 Å². The van der Waals surface area contributed by atoms with Crippen molar-refractivity contribution in [2.75, 3.05) is 13.7 Å². The molecule has 0 aliphatic carbocycles. The first-order valence-electron chi connectivity index (χ1n) is 8.60. The number of nitrogens with zero attached hydrogens (tertiary/aromatic N) is 2. The van der Waals surface area contributed by atoms with Gasteiger partial charge in [0.25, 0.3) is 0 Å². The van der Waals surface area contributed by atoms with Crippen LogP contribution in [-0.4, -0.2) is 35.7 Å². The lowest BCUT2D eigenvalue weighted by atomic mass is 9.99. The third kappa shape index (κ3) is 3.61. The summed E-state index contributed by atoms with van der Waals surface area (Å²) in [5.74, 6) is 1.56. The molecule has 128 valence electrons. The van der Waals surface area contributed by atoms with Crippen molar-refractivity contribution in [2.24, 2.45) is 0 Å². The van der Waals surface area contributed by atoms with E-state index in [-0.39, 0.29) is 5.91 Å². The van der Waals surface area contributed by atoms with Gasteiger partial charge in [0.1, 0.15) is 5.75 Å². The molecule has 1 saturated heterocycles. The Kier molecular flexibility index (Phi) is 5.18. The predicted octanol–water partition coefficient (Wildman–Crippen LogP) is 3.68. The topological polar surface area (TPSA) is 55.6 Å². The van der Waals surface area contributed by atoms with Gasteiger partial charge >= 0.3 is 0 Å². The minimum absolute atomic E-state index is 0.145. The number of amides is 1. The summed E-state index contributed by atoms with van der Waals surface area (Å²) in [6.07, 6.45) is 4.72. The molecule has 0 bridgehead atoms. The number of likely N-dealkylation sites (tertiary alicyclic amines) is 1. The van der Waals surface area contributed by atoms with Crippen LogP contribution in [0.4, 0.5) is 0 Å². The maximum atomic E-state index is 12.6. The molecule has 1 fully saturated rings. The second-order valence-corrected chi connectivity index (χ2v) is 6.24. The lowest BCUT2D eigenvalue weighted by Gasteiger charge is -2.35. The number of hydrogen-bond donors (Lipinski definition) is 0. The highest BCUT2D eigenvalue weighted by Gasteiger charge is 2.26. The van der Waals surface area contributed by atoms with Crippen molar-refractivity contribution in [3.05, 3.63) is 36.0 Å². The van der Waals surface area contributed by atoms with Gasteiger partial charge in [-0.25, -0.2) is 0 Å². The van der Waals surface area contributed by atoms with Crippen LogP contribution in [-0.2, 0) is 11.2 Å². The van der Waals surface area contributed by atoms with Crippen molar-refractivity contribution < 1.29 is 14.1 Å². The summed E-state index contributed by atoms with van der Waals surface area (Å²) < 4.78 is 10.6. The van der Waals surface area contributed by atoms with E-state index in [0.717, 1.165) is 37.1 Å². The molecule has 0 N–H and O–H groups in total. The molecule has 1 aliphatic heterocycles. The number of carbonyl (C=O) groups excluding carboxylic acids is 1. The Balaban J connectivity index is 1.70. The first-order chi connectivity index (χ1) is 11.7. The summed E-state index contributed by atoms with van der Waals surface area (Å²) in [5.41, 5.74) is 1.57. The van der Waals surface area contributed by atoms with Crippen LogP contribution in [0.1, 0.15) is 38.3 Å². The Hall–Kier alpha value is -2.30. The van der Waals surface area contributed by atoms with Gasteiger partial charge < -0.3 is 14.2 Å². The summed E-state index contributed by atoms with van der Waals surface area (Å²) in [7, 11) is 1.63. The molecule has 5 heteroatoms. The number of benzene rings is 1. The van der Waals surface area contributed by atoms with E-state index in [0.29, 0.717) is 23.9 Å². The number of aromatic nitrogens is 1. The van der Waals surface area contributed by atoms with Gasteiger partial charge in [0, 0.05) is 24.2 Å². The van der Waals surface area contributed by atoms with Gasteiger partial charge in [-0.1, -0.05) is 24.2 Å². The molecule has 1 amide bonds. The van der Waals surface area contributed by atoms with Crippen molar-refractivity contribution in [3.8, 4) is 17.1 Å². The lowest BCUT2D eigenvalue weighted by molar-refractivity contribution is -0.134. The SMILES string of the molecule is CCC1CCCCN1C(=O)Cc1cc(-c2cccc(OC)c2)on1. The van der Waals surface area contributed by atoms with Gasteiger partial charge in [0.05, 0.1) is 19.2 Å². The molecule has 3 rings (SSSR count). The zero-order valence-electron chi connectivity index (χ0n) is 14.3. The highest BCUT2D eigenvalue weighted by atomic mass is 16.5. The molecule has 0 spiro atoms. The smallest absolute Gasteiger partial charge is 0.228 e. The molecule has 2 aromatic rings. The molecule has 2 heterocycles. The molecular weight excluding hydrogens is 304 g/mol. The lowest BCUT2D eigenvalue weighted by Crippen LogP contribution is -2.44. The van der Waals surface area contributed by atoms with Crippen LogP contribution in [0.5, 0.6) is 5.75 Å². The van der Waals surface area contributed by atoms with Gasteiger partial charge in [0.2, 0.25) is 5.91 Å². The molecule has 1 atom stereocenters. The van der Waals surface area contributed by atoms with Crippen LogP contribution in [0.15, 0.2) is 34.9 Å². The van der Waals surface area contributed by atoms with Crippen LogP contribution in [0.3, 0.4) is 0 Å². The number of methoxy groups -OCH3 is 1. The quantitative estimate of drug-likeness (QED) is 0.840. The zero-order valence-corrected chi connectivity index (χ0v) is 14.3. The average molecular weight is 328 g/mol. The van der Waals surface area contributed by atoms with Gasteiger partial charge in [-0.15, -0.1) is 0 Å². The molecule has 5 nitrogen and oxygen atoms in total. The first kappa shape index (κ1) is 16.6.